The van der Waals surface area contributed by atoms with Gasteiger partial charge in [-0.2, -0.15) is 0 Å². The van der Waals surface area contributed by atoms with Gasteiger partial charge in [0.25, 0.3) is 0 Å². The molecule has 0 aliphatic carbocycles. The number of unbranched alkanes of at least 4 members (excludes halogenated alkanes) is 1. The predicted molar refractivity (Wildman–Crippen MR) is 60.7 cm³/mol. The van der Waals surface area contributed by atoms with Crippen LogP contribution in [-0.4, -0.2) is 24.9 Å². The first-order valence-electron chi connectivity index (χ1n) is 5.12. The molecule has 0 heterocycles. The van der Waals surface area contributed by atoms with Crippen LogP contribution in [0, 0.1) is 0 Å². The molecule has 3 heteroatoms. The maximum atomic E-state index is 6.13. The Bertz CT molecular complexity index is 161. The van der Waals surface area contributed by atoms with E-state index in [4.69, 9.17) is 21.1 Å². The summed E-state index contributed by atoms with van der Waals surface area (Å²) in [5, 5.41) is -0.306. The number of hydrogen-bond acceptors (Lipinski definition) is 2. The summed E-state index contributed by atoms with van der Waals surface area (Å²) in [6.45, 7) is 8.33. The lowest BCUT2D eigenvalue weighted by atomic mass is 10.0. The Kier molecular flexibility index (Phi) is 7.24. The normalized spacial score (nSPS) is 17.4. The SMILES string of the molecule is C=CC(Cl)C(CCCC)(OC)OCC. The average Bonchev–Trinajstić information content (AvgIpc) is 2.23. The lowest BCUT2D eigenvalue weighted by molar-refractivity contribution is -0.219. The molecule has 0 spiro atoms. The molecule has 84 valence electrons. The highest BCUT2D eigenvalue weighted by molar-refractivity contribution is 6.22. The van der Waals surface area contributed by atoms with E-state index in [-0.39, 0.29) is 5.38 Å². The Hall–Kier alpha value is -0.0500. The third kappa shape index (κ3) is 3.60. The van der Waals surface area contributed by atoms with Crippen LogP contribution in [0.2, 0.25) is 0 Å². The van der Waals surface area contributed by atoms with Crippen LogP contribution < -0.4 is 0 Å². The predicted octanol–water partition coefficient (Wildman–Crippen LogP) is 3.35. The van der Waals surface area contributed by atoms with Gasteiger partial charge in [0.15, 0.2) is 5.79 Å². The summed E-state index contributed by atoms with van der Waals surface area (Å²) in [5.74, 6) is -0.700. The van der Waals surface area contributed by atoms with Crippen molar-refractivity contribution in [1.29, 1.82) is 0 Å². The molecule has 0 N–H and O–H groups in total. The number of alkyl halides is 1. The standard InChI is InChI=1S/C11H21ClO2/c1-5-8-9-11(13-4,14-7-3)10(12)6-2/h6,10H,2,5,7-9H2,1,3-4H3. The van der Waals surface area contributed by atoms with Gasteiger partial charge in [-0.3, -0.25) is 0 Å². The first-order valence-corrected chi connectivity index (χ1v) is 5.56. The Balaban J connectivity index is 4.49. The minimum Gasteiger partial charge on any atom is -0.351 e. The first kappa shape index (κ1) is 13.9. The van der Waals surface area contributed by atoms with E-state index >= 15 is 0 Å². The van der Waals surface area contributed by atoms with Crippen LogP contribution >= 0.6 is 11.6 Å². The van der Waals surface area contributed by atoms with Gasteiger partial charge in [-0.25, -0.2) is 0 Å². The largest absolute Gasteiger partial charge is 0.351 e. The van der Waals surface area contributed by atoms with Gasteiger partial charge in [0.2, 0.25) is 0 Å². The summed E-state index contributed by atoms with van der Waals surface area (Å²) in [6, 6.07) is 0. The Morgan fingerprint density at radius 2 is 2.14 bits per heavy atom. The number of ether oxygens (including phenoxy) is 2. The quantitative estimate of drug-likeness (QED) is 0.355. The second-order valence-electron chi connectivity index (χ2n) is 3.19. The summed E-state index contributed by atoms with van der Waals surface area (Å²) in [7, 11) is 1.63. The molecule has 2 atom stereocenters. The molecule has 0 aromatic heterocycles. The Labute approximate surface area is 92.2 Å². The molecule has 0 saturated carbocycles. The zero-order valence-electron chi connectivity index (χ0n) is 9.38. The molecule has 2 nitrogen and oxygen atoms in total. The van der Waals surface area contributed by atoms with Crippen molar-refractivity contribution >= 4 is 11.6 Å². The minimum atomic E-state index is -0.700. The second kappa shape index (κ2) is 7.27. The third-order valence-electron chi connectivity index (χ3n) is 2.24. The first-order chi connectivity index (χ1) is 6.66. The van der Waals surface area contributed by atoms with Crippen LogP contribution in [0.15, 0.2) is 12.7 Å². The van der Waals surface area contributed by atoms with E-state index in [9.17, 15) is 0 Å². The monoisotopic (exact) mass is 220 g/mol. The van der Waals surface area contributed by atoms with Gasteiger partial charge < -0.3 is 9.47 Å². The highest BCUT2D eigenvalue weighted by atomic mass is 35.5. The second-order valence-corrected chi connectivity index (χ2v) is 3.66. The smallest absolute Gasteiger partial charge is 0.187 e. The summed E-state index contributed by atoms with van der Waals surface area (Å²) in [4.78, 5) is 0. The summed E-state index contributed by atoms with van der Waals surface area (Å²) in [6.07, 6.45) is 4.59. The maximum absolute atomic E-state index is 6.13. The van der Waals surface area contributed by atoms with Gasteiger partial charge in [-0.1, -0.05) is 19.4 Å². The molecular formula is C11H21ClO2. The number of hydrogen-bond donors (Lipinski definition) is 0. The van der Waals surface area contributed by atoms with E-state index in [2.05, 4.69) is 13.5 Å². The van der Waals surface area contributed by atoms with E-state index in [1.165, 1.54) is 0 Å². The fourth-order valence-corrected chi connectivity index (χ4v) is 1.67. The Morgan fingerprint density at radius 3 is 2.50 bits per heavy atom. The van der Waals surface area contributed by atoms with Crippen molar-refractivity contribution < 1.29 is 9.47 Å². The van der Waals surface area contributed by atoms with E-state index in [1.54, 1.807) is 13.2 Å². The minimum absolute atomic E-state index is 0.306. The van der Waals surface area contributed by atoms with Gasteiger partial charge in [0.1, 0.15) is 5.38 Å². The summed E-state index contributed by atoms with van der Waals surface area (Å²) >= 11 is 6.13. The molecule has 0 aliphatic rings. The van der Waals surface area contributed by atoms with Crippen molar-refractivity contribution in [2.75, 3.05) is 13.7 Å². The lowest BCUT2D eigenvalue weighted by Crippen LogP contribution is -2.43. The van der Waals surface area contributed by atoms with Crippen molar-refractivity contribution in [2.24, 2.45) is 0 Å². The van der Waals surface area contributed by atoms with Gasteiger partial charge in [-0.15, -0.1) is 18.2 Å². The van der Waals surface area contributed by atoms with Gasteiger partial charge in [-0.05, 0) is 13.3 Å². The van der Waals surface area contributed by atoms with E-state index in [0.717, 1.165) is 19.3 Å². The molecule has 0 aromatic rings. The average molecular weight is 221 g/mol. The lowest BCUT2D eigenvalue weighted by Gasteiger charge is -2.34. The van der Waals surface area contributed by atoms with Gasteiger partial charge in [0, 0.05) is 20.1 Å². The fraction of sp³-hybridized carbons (Fsp3) is 0.818. The summed E-state index contributed by atoms with van der Waals surface area (Å²) in [5.41, 5.74) is 0. The van der Waals surface area contributed by atoms with Crippen LogP contribution in [0.3, 0.4) is 0 Å². The highest BCUT2D eigenvalue weighted by Crippen LogP contribution is 2.29. The molecule has 0 saturated heterocycles. The molecule has 0 fully saturated rings. The van der Waals surface area contributed by atoms with Crippen LogP contribution in [0.1, 0.15) is 33.1 Å². The van der Waals surface area contributed by atoms with E-state index < -0.39 is 5.79 Å². The molecule has 0 aromatic carbocycles. The van der Waals surface area contributed by atoms with Crippen molar-refractivity contribution in [2.45, 2.75) is 44.3 Å². The van der Waals surface area contributed by atoms with E-state index in [1.807, 2.05) is 6.92 Å². The zero-order valence-corrected chi connectivity index (χ0v) is 10.1. The maximum Gasteiger partial charge on any atom is 0.187 e. The van der Waals surface area contributed by atoms with E-state index in [0.29, 0.717) is 6.61 Å². The Morgan fingerprint density at radius 1 is 1.50 bits per heavy atom. The molecular weight excluding hydrogens is 200 g/mol. The number of halogens is 1. The highest BCUT2D eigenvalue weighted by Gasteiger charge is 2.36. The molecule has 14 heavy (non-hydrogen) atoms. The summed E-state index contributed by atoms with van der Waals surface area (Å²) < 4.78 is 11.0. The molecule has 0 aliphatic heterocycles. The van der Waals surface area contributed by atoms with Gasteiger partial charge in [0.05, 0.1) is 0 Å². The molecule has 0 rings (SSSR count). The molecule has 0 amide bonds. The molecule has 0 radical (unpaired) electrons. The molecule has 0 bridgehead atoms. The third-order valence-corrected chi connectivity index (χ3v) is 2.75. The number of methoxy groups -OCH3 is 1. The molecule has 2 unspecified atom stereocenters. The van der Waals surface area contributed by atoms with Crippen LogP contribution in [0.25, 0.3) is 0 Å². The van der Waals surface area contributed by atoms with Crippen molar-refractivity contribution in [3.63, 3.8) is 0 Å². The zero-order chi connectivity index (χ0) is 11.0. The fourth-order valence-electron chi connectivity index (χ4n) is 1.41. The van der Waals surface area contributed by atoms with Crippen molar-refractivity contribution in [3.05, 3.63) is 12.7 Å². The van der Waals surface area contributed by atoms with Crippen LogP contribution in [-0.2, 0) is 9.47 Å². The van der Waals surface area contributed by atoms with Crippen molar-refractivity contribution in [1.82, 2.24) is 0 Å². The van der Waals surface area contributed by atoms with Gasteiger partial charge >= 0.3 is 0 Å². The van der Waals surface area contributed by atoms with Crippen molar-refractivity contribution in [3.8, 4) is 0 Å². The van der Waals surface area contributed by atoms with Crippen LogP contribution in [0.4, 0.5) is 0 Å². The number of rotatable bonds is 8. The topological polar surface area (TPSA) is 18.5 Å². The van der Waals surface area contributed by atoms with Crippen LogP contribution in [0.5, 0.6) is 0 Å².